The number of hydrogen-bond donors (Lipinski definition) is 1. The van der Waals surface area contributed by atoms with E-state index in [-0.39, 0.29) is 5.71 Å². The number of imidazole rings is 1. The van der Waals surface area contributed by atoms with Gasteiger partial charge in [0.15, 0.2) is 11.0 Å². The van der Waals surface area contributed by atoms with Crippen LogP contribution >= 0.6 is 0 Å². The summed E-state index contributed by atoms with van der Waals surface area (Å²) in [6.07, 6.45) is 0. The van der Waals surface area contributed by atoms with E-state index < -0.39 is 5.97 Å². The van der Waals surface area contributed by atoms with Crippen molar-refractivity contribution >= 4 is 22.7 Å². The molecule has 0 aliphatic carbocycles. The zero-order chi connectivity index (χ0) is 16.2. The van der Waals surface area contributed by atoms with Gasteiger partial charge in [0.1, 0.15) is 6.07 Å². The maximum absolute atomic E-state index is 11.9. The van der Waals surface area contributed by atoms with Gasteiger partial charge in [-0.05, 0) is 24.3 Å². The first-order valence-electron chi connectivity index (χ1n) is 6.92. The van der Waals surface area contributed by atoms with Gasteiger partial charge in [0.2, 0.25) is 0 Å². The minimum atomic E-state index is -0.614. The highest BCUT2D eigenvalue weighted by atomic mass is 16.7. The molecule has 0 spiro atoms. The third-order valence-electron chi connectivity index (χ3n) is 3.41. The Bertz CT molecular complexity index is 936. The van der Waals surface area contributed by atoms with Gasteiger partial charge >= 0.3 is 11.8 Å². The van der Waals surface area contributed by atoms with Crippen molar-refractivity contribution in [2.45, 2.75) is 0 Å². The predicted octanol–water partition coefficient (Wildman–Crippen LogP) is 2.08. The van der Waals surface area contributed by atoms with Crippen molar-refractivity contribution in [2.24, 2.45) is 12.2 Å². The average molecular weight is 305 g/mol. The smallest absolute Gasteiger partial charge is 0.311 e. The molecule has 0 atom stereocenters. The molecule has 23 heavy (non-hydrogen) atoms. The maximum atomic E-state index is 11.9. The first kappa shape index (κ1) is 14.5. The summed E-state index contributed by atoms with van der Waals surface area (Å²) in [5.74, 6) is -0.147. The van der Waals surface area contributed by atoms with Crippen LogP contribution in [0.25, 0.3) is 11.0 Å². The monoisotopic (exact) mass is 305 g/mol. The zero-order valence-corrected chi connectivity index (χ0v) is 12.4. The molecule has 0 amide bonds. The fraction of sp³-hybridized carbons (Fsp3) is 0.0588. The topological polar surface area (TPSA) is 82.1 Å². The molecule has 0 aliphatic heterocycles. The van der Waals surface area contributed by atoms with Crippen molar-refractivity contribution in [1.29, 1.82) is 5.26 Å². The van der Waals surface area contributed by atoms with Gasteiger partial charge < -0.3 is 4.84 Å². The summed E-state index contributed by atoms with van der Waals surface area (Å²) in [6.45, 7) is 0. The van der Waals surface area contributed by atoms with Gasteiger partial charge in [-0.1, -0.05) is 35.5 Å². The summed E-state index contributed by atoms with van der Waals surface area (Å²) in [5.41, 5.74) is 2.14. The van der Waals surface area contributed by atoms with Gasteiger partial charge in [-0.15, -0.1) is 0 Å². The van der Waals surface area contributed by atoms with Crippen LogP contribution in [0.4, 0.5) is 0 Å². The van der Waals surface area contributed by atoms with Crippen LogP contribution in [-0.4, -0.2) is 16.7 Å². The highest BCUT2D eigenvalue weighted by Gasteiger charge is 2.22. The molecular formula is C17H13N4O2+. The third kappa shape index (κ3) is 2.80. The molecule has 0 fully saturated rings. The van der Waals surface area contributed by atoms with Gasteiger partial charge in [-0.3, -0.25) is 0 Å². The Labute approximate surface area is 132 Å². The van der Waals surface area contributed by atoms with E-state index >= 15 is 0 Å². The van der Waals surface area contributed by atoms with Gasteiger partial charge in [-0.25, -0.2) is 14.3 Å². The molecule has 0 radical (unpaired) electrons. The molecule has 3 aromatic rings. The molecule has 112 valence electrons. The Morgan fingerprint density at radius 3 is 2.57 bits per heavy atom. The van der Waals surface area contributed by atoms with Crippen LogP contribution in [0.3, 0.4) is 0 Å². The summed E-state index contributed by atoms with van der Waals surface area (Å²) in [4.78, 5) is 19.9. The van der Waals surface area contributed by atoms with Crippen molar-refractivity contribution < 1.29 is 14.2 Å². The number of carbonyl (C=O) groups excluding carboxylic acids is 1. The molecule has 0 aliphatic rings. The van der Waals surface area contributed by atoms with E-state index in [4.69, 9.17) is 4.84 Å². The van der Waals surface area contributed by atoms with Crippen molar-refractivity contribution in [3.8, 4) is 6.07 Å². The number of fused-ring (bicyclic) bond motifs is 1. The molecule has 6 nitrogen and oxygen atoms in total. The third-order valence-corrected chi connectivity index (χ3v) is 3.41. The van der Waals surface area contributed by atoms with Crippen molar-refractivity contribution in [3.05, 3.63) is 66.0 Å². The molecule has 3 rings (SSSR count). The van der Waals surface area contributed by atoms with Gasteiger partial charge in [0.05, 0.1) is 12.6 Å². The molecule has 0 unspecified atom stereocenters. The lowest BCUT2D eigenvalue weighted by molar-refractivity contribution is -0.646. The number of carbonyl (C=O) groups is 1. The fourth-order valence-electron chi connectivity index (χ4n) is 2.25. The molecule has 2 aromatic carbocycles. The number of nitrogens with zero attached hydrogens (tertiary/aromatic N) is 3. The lowest BCUT2D eigenvalue weighted by Crippen LogP contribution is -2.34. The molecular weight excluding hydrogens is 292 g/mol. The summed E-state index contributed by atoms with van der Waals surface area (Å²) >= 11 is 0. The second-order valence-electron chi connectivity index (χ2n) is 4.85. The van der Waals surface area contributed by atoms with Gasteiger partial charge in [-0.2, -0.15) is 5.26 Å². The van der Waals surface area contributed by atoms with E-state index in [1.807, 2.05) is 30.3 Å². The van der Waals surface area contributed by atoms with E-state index in [0.29, 0.717) is 11.4 Å². The summed E-state index contributed by atoms with van der Waals surface area (Å²) < 4.78 is 1.79. The predicted molar refractivity (Wildman–Crippen MR) is 83.5 cm³/mol. The number of para-hydroxylation sites is 2. The number of hydrogen-bond acceptors (Lipinski definition) is 4. The van der Waals surface area contributed by atoms with Crippen LogP contribution in [0.15, 0.2) is 59.8 Å². The first-order valence-corrected chi connectivity index (χ1v) is 6.92. The number of nitrogens with one attached hydrogen (secondary N) is 1. The van der Waals surface area contributed by atoms with Crippen LogP contribution < -0.4 is 4.57 Å². The SMILES string of the molecule is C[n+]1c(/C(C#N)=N/OC(=O)c2ccccc2)[nH]c2ccccc21. The Kier molecular flexibility index (Phi) is 3.85. The van der Waals surface area contributed by atoms with E-state index in [9.17, 15) is 10.1 Å². The van der Waals surface area contributed by atoms with E-state index in [1.54, 1.807) is 41.9 Å². The van der Waals surface area contributed by atoms with Gasteiger partial charge in [0.25, 0.3) is 5.71 Å². The summed E-state index contributed by atoms with van der Waals surface area (Å²) in [7, 11) is 1.81. The number of aryl methyl sites for hydroxylation is 1. The van der Waals surface area contributed by atoms with Crippen LogP contribution in [0.2, 0.25) is 0 Å². The molecule has 0 saturated heterocycles. The number of oxime groups is 1. The lowest BCUT2D eigenvalue weighted by Gasteiger charge is -1.97. The Balaban J connectivity index is 1.91. The number of H-pyrrole nitrogens is 1. The van der Waals surface area contributed by atoms with E-state index in [0.717, 1.165) is 11.0 Å². The van der Waals surface area contributed by atoms with Crippen LogP contribution in [0, 0.1) is 11.3 Å². The first-order chi connectivity index (χ1) is 11.2. The normalized spacial score (nSPS) is 11.2. The lowest BCUT2D eigenvalue weighted by atomic mass is 10.2. The minimum absolute atomic E-state index is 0.00650. The van der Waals surface area contributed by atoms with Crippen molar-refractivity contribution in [1.82, 2.24) is 4.98 Å². The highest BCUT2D eigenvalue weighted by molar-refractivity contribution is 6.09. The van der Waals surface area contributed by atoms with Crippen molar-refractivity contribution in [3.63, 3.8) is 0 Å². The van der Waals surface area contributed by atoms with E-state index in [1.165, 1.54) is 0 Å². The number of rotatable bonds is 3. The molecule has 6 heteroatoms. The quantitative estimate of drug-likeness (QED) is 0.348. The highest BCUT2D eigenvalue weighted by Crippen LogP contribution is 2.09. The van der Waals surface area contributed by atoms with Crippen LogP contribution in [0.1, 0.15) is 16.2 Å². The zero-order valence-electron chi connectivity index (χ0n) is 12.4. The number of aromatic nitrogens is 2. The van der Waals surface area contributed by atoms with Gasteiger partial charge in [0, 0.05) is 0 Å². The summed E-state index contributed by atoms with van der Waals surface area (Å²) in [6, 6.07) is 18.0. The molecule has 0 saturated carbocycles. The number of aromatic amines is 1. The number of benzene rings is 2. The number of nitriles is 1. The minimum Gasteiger partial charge on any atom is -0.311 e. The molecule has 1 N–H and O–H groups in total. The van der Waals surface area contributed by atoms with E-state index in [2.05, 4.69) is 10.1 Å². The van der Waals surface area contributed by atoms with Crippen LogP contribution in [0.5, 0.6) is 0 Å². The average Bonchev–Trinajstić information content (AvgIpc) is 2.93. The molecule has 0 bridgehead atoms. The fourth-order valence-corrected chi connectivity index (χ4v) is 2.25. The summed E-state index contributed by atoms with van der Waals surface area (Å²) in [5, 5.41) is 13.0. The Morgan fingerprint density at radius 1 is 1.17 bits per heavy atom. The Morgan fingerprint density at radius 2 is 1.87 bits per heavy atom. The second kappa shape index (κ2) is 6.12. The maximum Gasteiger partial charge on any atom is 0.365 e. The Hall–Kier alpha value is -3.46. The standard InChI is InChI=1S/C17H12N4O2/c1-21-15-10-6-5-9-13(15)19-16(21)14(11-18)20-23-17(22)12-7-3-2-4-8-12/h2-10H,1H3/p+1/b20-14+. The molecule has 1 heterocycles. The second-order valence-corrected chi connectivity index (χ2v) is 4.85. The van der Waals surface area contributed by atoms with Crippen molar-refractivity contribution in [2.75, 3.05) is 0 Å². The largest absolute Gasteiger partial charge is 0.365 e. The van der Waals surface area contributed by atoms with Crippen LogP contribution in [-0.2, 0) is 11.9 Å². The molecule has 1 aromatic heterocycles.